The molecule has 4 amide bonds. The first kappa shape index (κ1) is 24.5. The summed E-state index contributed by atoms with van der Waals surface area (Å²) in [6.07, 6.45) is 6.72. The molecule has 2 N–H and O–H groups in total. The van der Waals surface area contributed by atoms with E-state index in [0.29, 0.717) is 30.6 Å². The molecule has 2 aromatic rings. The number of carbonyl (C=O) groups excluding carboxylic acids is 2. The number of nitrogens with zero attached hydrogens (tertiary/aromatic N) is 2. The first-order chi connectivity index (χ1) is 17.4. The van der Waals surface area contributed by atoms with Gasteiger partial charge in [0.05, 0.1) is 6.54 Å². The van der Waals surface area contributed by atoms with E-state index in [2.05, 4.69) is 10.6 Å². The van der Waals surface area contributed by atoms with E-state index < -0.39 is 23.5 Å². The van der Waals surface area contributed by atoms with Crippen molar-refractivity contribution in [1.29, 1.82) is 0 Å². The highest BCUT2D eigenvalue weighted by Crippen LogP contribution is 2.31. The predicted octanol–water partition coefficient (Wildman–Crippen LogP) is 5.73. The number of piperidine rings is 1. The number of hydrogen-bond acceptors (Lipinski definition) is 2. The number of fused-ring (bicyclic) bond motifs is 1. The number of carbonyl (C=O) groups is 2. The van der Waals surface area contributed by atoms with Gasteiger partial charge in [-0.15, -0.1) is 0 Å². The number of urea groups is 2. The van der Waals surface area contributed by atoms with Crippen molar-refractivity contribution in [2.45, 2.75) is 57.5 Å². The summed E-state index contributed by atoms with van der Waals surface area (Å²) in [5, 5.41) is 5.87. The van der Waals surface area contributed by atoms with Gasteiger partial charge in [-0.05, 0) is 66.8 Å². The normalized spacial score (nSPS) is 18.4. The van der Waals surface area contributed by atoms with E-state index in [1.54, 1.807) is 0 Å². The van der Waals surface area contributed by atoms with Crippen LogP contribution in [-0.4, -0.2) is 41.5 Å². The van der Waals surface area contributed by atoms with E-state index in [9.17, 15) is 22.8 Å². The Hall–Kier alpha value is -3.23. The van der Waals surface area contributed by atoms with Crippen molar-refractivity contribution >= 4 is 17.7 Å². The Morgan fingerprint density at radius 2 is 1.56 bits per heavy atom. The molecule has 3 aliphatic rings. The molecule has 1 aliphatic carbocycles. The molecule has 0 aromatic heterocycles. The molecule has 36 heavy (non-hydrogen) atoms. The molecule has 1 saturated carbocycles. The monoisotopic (exact) mass is 500 g/mol. The minimum absolute atomic E-state index is 0.0120. The highest BCUT2D eigenvalue weighted by molar-refractivity contribution is 5.89. The number of rotatable bonds is 4. The number of amides is 4. The predicted molar refractivity (Wildman–Crippen MR) is 130 cm³/mol. The molecule has 2 heterocycles. The molecule has 192 valence electrons. The number of nitrogens with one attached hydrogen (secondary N) is 2. The van der Waals surface area contributed by atoms with Crippen molar-refractivity contribution in [3.05, 3.63) is 64.5 Å². The van der Waals surface area contributed by atoms with Crippen LogP contribution in [0.5, 0.6) is 0 Å². The summed E-state index contributed by atoms with van der Waals surface area (Å²) in [7, 11) is 0. The molecule has 2 aromatic carbocycles. The fourth-order valence-electron chi connectivity index (χ4n) is 5.60. The molecule has 9 heteroatoms. The summed E-state index contributed by atoms with van der Waals surface area (Å²) >= 11 is 0. The standard InChI is InChI=1S/C27H31F3N4O2/c28-23-13-20-15-34(16-22(20)24(29)25(23)30)27(36)32-21-7-5-18(6-8-21)19-9-11-33(12-10-19)26(35)31-14-17-3-1-2-4-17/h5-8,13,17,19H,1-4,9-12,14-16H2,(H,31,35)(H,32,36). The van der Waals surface area contributed by atoms with Crippen LogP contribution in [0.3, 0.4) is 0 Å². The Balaban J connectivity index is 1.10. The number of hydrogen-bond donors (Lipinski definition) is 2. The van der Waals surface area contributed by atoms with Gasteiger partial charge in [-0.3, -0.25) is 0 Å². The van der Waals surface area contributed by atoms with E-state index in [4.69, 9.17) is 0 Å². The Bertz CT molecular complexity index is 1130. The van der Waals surface area contributed by atoms with Crippen molar-refractivity contribution in [2.24, 2.45) is 5.92 Å². The third kappa shape index (κ3) is 5.15. The fraction of sp³-hybridized carbons (Fsp3) is 0.481. The van der Waals surface area contributed by atoms with Gasteiger partial charge in [0.25, 0.3) is 0 Å². The first-order valence-corrected chi connectivity index (χ1v) is 12.7. The van der Waals surface area contributed by atoms with Gasteiger partial charge >= 0.3 is 12.1 Å². The second-order valence-electron chi connectivity index (χ2n) is 10.1. The Morgan fingerprint density at radius 1 is 0.861 bits per heavy atom. The van der Waals surface area contributed by atoms with Crippen LogP contribution < -0.4 is 10.6 Å². The van der Waals surface area contributed by atoms with Gasteiger partial charge in [-0.1, -0.05) is 25.0 Å². The number of likely N-dealkylation sites (tertiary alicyclic amines) is 1. The zero-order valence-corrected chi connectivity index (χ0v) is 20.2. The molecule has 0 radical (unpaired) electrons. The molecule has 2 aliphatic heterocycles. The maximum absolute atomic E-state index is 14.0. The van der Waals surface area contributed by atoms with Crippen LogP contribution >= 0.6 is 0 Å². The summed E-state index contributed by atoms with van der Waals surface area (Å²) in [6.45, 7) is 2.10. The van der Waals surface area contributed by atoms with Crippen molar-refractivity contribution < 1.29 is 22.8 Å². The second-order valence-corrected chi connectivity index (χ2v) is 10.1. The third-order valence-electron chi connectivity index (χ3n) is 7.79. The van der Waals surface area contributed by atoms with Crippen LogP contribution in [-0.2, 0) is 13.1 Å². The van der Waals surface area contributed by atoms with Crippen molar-refractivity contribution in [1.82, 2.24) is 15.1 Å². The van der Waals surface area contributed by atoms with Crippen molar-refractivity contribution in [3.63, 3.8) is 0 Å². The number of halogens is 3. The van der Waals surface area contributed by atoms with Crippen LogP contribution in [0.2, 0.25) is 0 Å². The number of anilines is 1. The highest BCUT2D eigenvalue weighted by Gasteiger charge is 2.30. The third-order valence-corrected chi connectivity index (χ3v) is 7.79. The highest BCUT2D eigenvalue weighted by atomic mass is 19.2. The first-order valence-electron chi connectivity index (χ1n) is 12.7. The van der Waals surface area contributed by atoms with Crippen LogP contribution in [0, 0.1) is 23.4 Å². The summed E-state index contributed by atoms with van der Waals surface area (Å²) in [5.41, 5.74) is 2.02. The topological polar surface area (TPSA) is 64.7 Å². The molecular formula is C27H31F3N4O2. The fourth-order valence-corrected chi connectivity index (χ4v) is 5.60. The lowest BCUT2D eigenvalue weighted by atomic mass is 9.89. The average Bonchev–Trinajstić information content (AvgIpc) is 3.57. The van der Waals surface area contributed by atoms with Gasteiger partial charge < -0.3 is 20.4 Å². The van der Waals surface area contributed by atoms with Gasteiger partial charge in [0.1, 0.15) is 0 Å². The zero-order valence-electron chi connectivity index (χ0n) is 20.2. The molecule has 5 rings (SSSR count). The molecule has 0 unspecified atom stereocenters. The average molecular weight is 501 g/mol. The Morgan fingerprint density at radius 3 is 2.25 bits per heavy atom. The molecule has 0 spiro atoms. The Kier molecular flexibility index (Phi) is 7.07. The second kappa shape index (κ2) is 10.4. The molecule has 1 saturated heterocycles. The summed E-state index contributed by atoms with van der Waals surface area (Å²) in [5.74, 6) is -3.03. The van der Waals surface area contributed by atoms with Crippen LogP contribution in [0.4, 0.5) is 28.4 Å². The van der Waals surface area contributed by atoms with E-state index >= 15 is 0 Å². The van der Waals surface area contributed by atoms with Crippen molar-refractivity contribution in [3.8, 4) is 0 Å². The van der Waals surface area contributed by atoms with Gasteiger partial charge in [-0.25, -0.2) is 22.8 Å². The zero-order chi connectivity index (χ0) is 25.2. The van der Waals surface area contributed by atoms with Crippen LogP contribution in [0.1, 0.15) is 61.1 Å². The van der Waals surface area contributed by atoms with E-state index in [0.717, 1.165) is 31.0 Å². The lowest BCUT2D eigenvalue weighted by molar-refractivity contribution is 0.179. The maximum Gasteiger partial charge on any atom is 0.322 e. The van der Waals surface area contributed by atoms with Crippen LogP contribution in [0.25, 0.3) is 0 Å². The minimum Gasteiger partial charge on any atom is -0.338 e. The Labute approximate surface area is 208 Å². The minimum atomic E-state index is -1.51. The SMILES string of the molecule is O=C(NCC1CCCC1)N1CCC(c2ccc(NC(=O)N3Cc4cc(F)c(F)c(F)c4C3)cc2)CC1. The van der Waals surface area contributed by atoms with Crippen LogP contribution in [0.15, 0.2) is 30.3 Å². The smallest absolute Gasteiger partial charge is 0.322 e. The van der Waals surface area contributed by atoms with Gasteiger partial charge in [-0.2, -0.15) is 0 Å². The summed E-state index contributed by atoms with van der Waals surface area (Å²) in [4.78, 5) is 28.4. The quantitative estimate of drug-likeness (QED) is 0.527. The van der Waals surface area contributed by atoms with Gasteiger partial charge in [0.2, 0.25) is 0 Å². The lowest BCUT2D eigenvalue weighted by Gasteiger charge is -2.32. The lowest BCUT2D eigenvalue weighted by Crippen LogP contribution is -2.45. The largest absolute Gasteiger partial charge is 0.338 e. The van der Waals surface area contributed by atoms with E-state index in [-0.39, 0.29) is 30.2 Å². The summed E-state index contributed by atoms with van der Waals surface area (Å²) in [6, 6.07) is 8.09. The van der Waals surface area contributed by atoms with E-state index in [1.165, 1.54) is 30.6 Å². The molecule has 6 nitrogen and oxygen atoms in total. The van der Waals surface area contributed by atoms with E-state index in [1.807, 2.05) is 29.2 Å². The van der Waals surface area contributed by atoms with Gasteiger partial charge in [0.15, 0.2) is 17.5 Å². The number of benzene rings is 2. The molecule has 0 bridgehead atoms. The molecular weight excluding hydrogens is 469 g/mol. The van der Waals surface area contributed by atoms with Crippen molar-refractivity contribution in [2.75, 3.05) is 25.0 Å². The molecule has 0 atom stereocenters. The maximum atomic E-state index is 14.0. The van der Waals surface area contributed by atoms with Gasteiger partial charge in [0, 0.05) is 37.4 Å². The summed E-state index contributed by atoms with van der Waals surface area (Å²) < 4.78 is 41.0. The molecule has 2 fully saturated rings.